The van der Waals surface area contributed by atoms with Crippen molar-refractivity contribution in [2.75, 3.05) is 40.5 Å². The Kier molecular flexibility index (Phi) is 6.57. The maximum atomic E-state index is 5.57. The molecule has 3 atom stereocenters. The number of methoxy groups -OCH3 is 2. The molecule has 0 aromatic carbocycles. The molecule has 1 aliphatic carbocycles. The van der Waals surface area contributed by atoms with Gasteiger partial charge < -0.3 is 14.8 Å². The molecule has 1 N–H and O–H groups in total. The summed E-state index contributed by atoms with van der Waals surface area (Å²) in [6.07, 6.45) is 8.33. The normalized spacial score (nSPS) is 32.8. The van der Waals surface area contributed by atoms with Gasteiger partial charge in [-0.2, -0.15) is 0 Å². The van der Waals surface area contributed by atoms with Gasteiger partial charge in [0.2, 0.25) is 0 Å². The third kappa shape index (κ3) is 4.42. The summed E-state index contributed by atoms with van der Waals surface area (Å²) >= 11 is 0. The highest BCUT2D eigenvalue weighted by Crippen LogP contribution is 2.30. The Bertz CT molecular complexity index is 250. The molecule has 2 aliphatic rings. The highest BCUT2D eigenvalue weighted by atomic mass is 16.5. The van der Waals surface area contributed by atoms with Crippen LogP contribution in [0.25, 0.3) is 0 Å². The molecule has 1 saturated carbocycles. The lowest BCUT2D eigenvalue weighted by molar-refractivity contribution is 0.0241. The molecule has 1 aliphatic heterocycles. The maximum Gasteiger partial charge on any atom is 0.0587 e. The van der Waals surface area contributed by atoms with Crippen LogP contribution in [0.4, 0.5) is 0 Å². The van der Waals surface area contributed by atoms with Gasteiger partial charge in [0.15, 0.2) is 0 Å². The Labute approximate surface area is 117 Å². The minimum atomic E-state index is 0.487. The van der Waals surface area contributed by atoms with Crippen molar-refractivity contribution < 1.29 is 9.47 Å². The minimum absolute atomic E-state index is 0.487. The summed E-state index contributed by atoms with van der Waals surface area (Å²) in [4.78, 5) is 2.74. The molecule has 0 aromatic heterocycles. The molecule has 0 bridgehead atoms. The topological polar surface area (TPSA) is 33.7 Å². The second-order valence-electron chi connectivity index (χ2n) is 5.91. The van der Waals surface area contributed by atoms with E-state index in [4.69, 9.17) is 9.47 Å². The highest BCUT2D eigenvalue weighted by Gasteiger charge is 2.33. The van der Waals surface area contributed by atoms with E-state index in [0.29, 0.717) is 6.10 Å². The lowest BCUT2D eigenvalue weighted by atomic mass is 9.91. The Morgan fingerprint density at radius 1 is 1.16 bits per heavy atom. The Morgan fingerprint density at radius 2 is 2.05 bits per heavy atom. The predicted molar refractivity (Wildman–Crippen MR) is 77.5 cm³/mol. The van der Waals surface area contributed by atoms with Crippen molar-refractivity contribution in [3.05, 3.63) is 0 Å². The molecule has 0 aromatic rings. The van der Waals surface area contributed by atoms with Gasteiger partial charge in [-0.05, 0) is 45.1 Å². The van der Waals surface area contributed by atoms with Crippen LogP contribution in [0.1, 0.15) is 38.5 Å². The van der Waals surface area contributed by atoms with Crippen LogP contribution in [0.15, 0.2) is 0 Å². The number of ether oxygens (including phenoxy) is 2. The molecule has 1 saturated heterocycles. The summed E-state index contributed by atoms with van der Waals surface area (Å²) in [6, 6.07) is 1.47. The van der Waals surface area contributed by atoms with Crippen LogP contribution in [-0.4, -0.2) is 63.5 Å². The average molecular weight is 270 g/mol. The second kappa shape index (κ2) is 8.20. The Hall–Kier alpha value is -0.160. The number of hydrogen-bond acceptors (Lipinski definition) is 4. The third-order valence-electron chi connectivity index (χ3n) is 4.69. The molecule has 112 valence electrons. The first-order valence-electron chi connectivity index (χ1n) is 7.83. The lowest BCUT2D eigenvalue weighted by Crippen LogP contribution is -2.47. The molecule has 19 heavy (non-hydrogen) atoms. The van der Waals surface area contributed by atoms with Crippen LogP contribution in [0.3, 0.4) is 0 Å². The number of likely N-dealkylation sites (tertiary alicyclic amines) is 1. The van der Waals surface area contributed by atoms with Gasteiger partial charge in [-0.1, -0.05) is 0 Å². The third-order valence-corrected chi connectivity index (χ3v) is 4.69. The van der Waals surface area contributed by atoms with Gasteiger partial charge in [0.1, 0.15) is 0 Å². The average Bonchev–Trinajstić information content (AvgIpc) is 2.92. The summed E-state index contributed by atoms with van der Waals surface area (Å²) in [6.45, 7) is 4.16. The van der Waals surface area contributed by atoms with E-state index in [1.54, 1.807) is 7.11 Å². The summed E-state index contributed by atoms with van der Waals surface area (Å²) < 4.78 is 10.7. The van der Waals surface area contributed by atoms with Crippen molar-refractivity contribution in [1.29, 1.82) is 0 Å². The van der Waals surface area contributed by atoms with Gasteiger partial charge in [0, 0.05) is 39.4 Å². The minimum Gasteiger partial charge on any atom is -0.383 e. The first-order chi connectivity index (χ1) is 9.35. The van der Waals surface area contributed by atoms with Crippen molar-refractivity contribution in [2.45, 2.75) is 56.7 Å². The molecular weight excluding hydrogens is 240 g/mol. The van der Waals surface area contributed by atoms with Crippen molar-refractivity contribution in [3.8, 4) is 0 Å². The maximum absolute atomic E-state index is 5.57. The van der Waals surface area contributed by atoms with Crippen LogP contribution in [0, 0.1) is 0 Å². The molecule has 0 radical (unpaired) electrons. The van der Waals surface area contributed by atoms with Crippen LogP contribution in [0.2, 0.25) is 0 Å². The summed E-state index contributed by atoms with van der Waals surface area (Å²) in [7, 11) is 3.62. The number of nitrogens with zero attached hydrogens (tertiary/aromatic N) is 1. The molecule has 2 rings (SSSR count). The first-order valence-corrected chi connectivity index (χ1v) is 7.83. The molecule has 3 unspecified atom stereocenters. The molecule has 1 heterocycles. The summed E-state index contributed by atoms with van der Waals surface area (Å²) in [5.41, 5.74) is 0. The molecule has 2 fully saturated rings. The highest BCUT2D eigenvalue weighted by molar-refractivity contribution is 4.89. The van der Waals surface area contributed by atoms with E-state index >= 15 is 0 Å². The van der Waals surface area contributed by atoms with E-state index in [1.807, 2.05) is 7.11 Å². The van der Waals surface area contributed by atoms with E-state index in [-0.39, 0.29) is 0 Å². The van der Waals surface area contributed by atoms with E-state index < -0.39 is 0 Å². The molecule has 0 amide bonds. The van der Waals surface area contributed by atoms with Crippen molar-refractivity contribution in [2.24, 2.45) is 0 Å². The Balaban J connectivity index is 1.77. The van der Waals surface area contributed by atoms with Gasteiger partial charge >= 0.3 is 0 Å². The zero-order valence-corrected chi connectivity index (χ0v) is 12.6. The Morgan fingerprint density at radius 3 is 2.84 bits per heavy atom. The van der Waals surface area contributed by atoms with E-state index in [9.17, 15) is 0 Å². The predicted octanol–water partition coefficient (Wildman–Crippen LogP) is 1.64. The van der Waals surface area contributed by atoms with Gasteiger partial charge in [0.25, 0.3) is 0 Å². The van der Waals surface area contributed by atoms with Gasteiger partial charge in [-0.25, -0.2) is 0 Å². The number of rotatable bonds is 7. The fourth-order valence-electron chi connectivity index (χ4n) is 3.64. The fraction of sp³-hybridized carbons (Fsp3) is 1.00. The second-order valence-corrected chi connectivity index (χ2v) is 5.91. The van der Waals surface area contributed by atoms with E-state index in [1.165, 1.54) is 45.1 Å². The van der Waals surface area contributed by atoms with E-state index in [2.05, 4.69) is 10.2 Å². The fourth-order valence-corrected chi connectivity index (χ4v) is 3.64. The summed E-state index contributed by atoms with van der Waals surface area (Å²) in [5.74, 6) is 0. The van der Waals surface area contributed by atoms with Crippen LogP contribution >= 0.6 is 0 Å². The summed E-state index contributed by atoms with van der Waals surface area (Å²) in [5, 5.41) is 3.52. The molecule has 0 spiro atoms. The molecule has 4 heteroatoms. The van der Waals surface area contributed by atoms with Gasteiger partial charge in [0.05, 0.1) is 12.7 Å². The first kappa shape index (κ1) is 15.2. The van der Waals surface area contributed by atoms with Crippen molar-refractivity contribution >= 4 is 0 Å². The van der Waals surface area contributed by atoms with Crippen LogP contribution < -0.4 is 5.32 Å². The van der Waals surface area contributed by atoms with Crippen molar-refractivity contribution in [3.63, 3.8) is 0 Å². The largest absolute Gasteiger partial charge is 0.383 e. The molecular formula is C15H30N2O2. The smallest absolute Gasteiger partial charge is 0.0587 e. The standard InChI is InChI=1S/C15H30N2O2/c1-18-10-8-16-12-14-6-4-9-17(14)13-5-3-7-15(11-13)19-2/h13-16H,3-12H2,1-2H3. The SMILES string of the molecule is COCCNCC1CCCN1C1CCCC(OC)C1. The molecule has 4 nitrogen and oxygen atoms in total. The van der Waals surface area contributed by atoms with Gasteiger partial charge in [-0.15, -0.1) is 0 Å². The van der Waals surface area contributed by atoms with Crippen LogP contribution in [-0.2, 0) is 9.47 Å². The van der Waals surface area contributed by atoms with Gasteiger partial charge in [-0.3, -0.25) is 4.90 Å². The zero-order chi connectivity index (χ0) is 13.5. The van der Waals surface area contributed by atoms with Crippen molar-refractivity contribution in [1.82, 2.24) is 10.2 Å². The zero-order valence-electron chi connectivity index (χ0n) is 12.6. The lowest BCUT2D eigenvalue weighted by Gasteiger charge is -2.38. The van der Waals surface area contributed by atoms with Crippen LogP contribution in [0.5, 0.6) is 0 Å². The number of hydrogen-bond donors (Lipinski definition) is 1. The number of nitrogens with one attached hydrogen (secondary N) is 1. The monoisotopic (exact) mass is 270 g/mol. The van der Waals surface area contributed by atoms with E-state index in [0.717, 1.165) is 31.8 Å². The quantitative estimate of drug-likeness (QED) is 0.713.